The summed E-state index contributed by atoms with van der Waals surface area (Å²) in [6, 6.07) is 10.4. The number of benzene rings is 1. The van der Waals surface area contributed by atoms with Crippen molar-refractivity contribution in [3.63, 3.8) is 0 Å². The van der Waals surface area contributed by atoms with Crippen molar-refractivity contribution in [3.05, 3.63) is 51.6 Å². The fraction of sp³-hybridized carbons (Fsp3) is 0.483. The van der Waals surface area contributed by atoms with Crippen LogP contribution in [0.2, 0.25) is 0 Å². The van der Waals surface area contributed by atoms with Gasteiger partial charge in [-0.2, -0.15) is 5.26 Å². The fourth-order valence-electron chi connectivity index (χ4n) is 5.87. The van der Waals surface area contributed by atoms with Crippen LogP contribution in [0, 0.1) is 11.3 Å². The number of hydrogen-bond acceptors (Lipinski definition) is 6. The maximum Gasteiger partial charge on any atom is 0.257 e. The Morgan fingerprint density at radius 1 is 1.08 bits per heavy atom. The third-order valence-corrected chi connectivity index (χ3v) is 9.27. The Kier molecular flexibility index (Phi) is 8.49. The van der Waals surface area contributed by atoms with Crippen LogP contribution in [0.4, 0.5) is 5.69 Å². The summed E-state index contributed by atoms with van der Waals surface area (Å²) in [5.41, 5.74) is 3.19. The van der Waals surface area contributed by atoms with Crippen molar-refractivity contribution in [2.24, 2.45) is 0 Å². The molecule has 1 aromatic carbocycles. The number of carbonyl (C=O) groups is 3. The highest BCUT2D eigenvalue weighted by Gasteiger charge is 2.46. The average molecular weight is 596 g/mol. The Balaban J connectivity index is 1.38. The molecule has 3 amide bonds. The van der Waals surface area contributed by atoms with Gasteiger partial charge in [-0.05, 0) is 74.4 Å². The van der Waals surface area contributed by atoms with Crippen LogP contribution < -0.4 is 4.90 Å². The number of halogens is 1. The SMILES string of the molecule is N#Cc1cc2c(nc1SCC(=O)N(C1CCCCC1)C1CC(=O)N(c3ccc(Br)cc3)C1=O)CCCCC2. The highest BCUT2D eigenvalue weighted by molar-refractivity contribution is 9.10. The van der Waals surface area contributed by atoms with Gasteiger partial charge < -0.3 is 4.90 Å². The van der Waals surface area contributed by atoms with Crippen LogP contribution in [-0.2, 0) is 27.2 Å². The predicted octanol–water partition coefficient (Wildman–Crippen LogP) is 5.57. The largest absolute Gasteiger partial charge is 0.326 e. The molecule has 1 unspecified atom stereocenters. The number of thioether (sulfide) groups is 1. The molecule has 7 nitrogen and oxygen atoms in total. The van der Waals surface area contributed by atoms with Gasteiger partial charge in [-0.1, -0.05) is 53.4 Å². The van der Waals surface area contributed by atoms with Crippen molar-refractivity contribution in [2.45, 2.75) is 87.7 Å². The Hall–Kier alpha value is -2.70. The van der Waals surface area contributed by atoms with E-state index in [0.29, 0.717) is 16.3 Å². The molecule has 0 N–H and O–H groups in total. The van der Waals surface area contributed by atoms with E-state index < -0.39 is 6.04 Å². The van der Waals surface area contributed by atoms with Crippen LogP contribution in [0.3, 0.4) is 0 Å². The van der Waals surface area contributed by atoms with E-state index in [0.717, 1.165) is 79.9 Å². The standard InChI is InChI=1S/C29H31BrN4O3S/c30-21-11-13-23(14-12-21)34-26(35)16-25(29(34)37)33(22-8-4-2-5-9-22)27(36)18-38-28-20(17-31)15-19-7-3-1-6-10-24(19)32-28/h11-15,22,25H,1-10,16,18H2. The maximum atomic E-state index is 13.8. The molecule has 38 heavy (non-hydrogen) atoms. The minimum absolute atomic E-state index is 0.0116. The van der Waals surface area contributed by atoms with Gasteiger partial charge in [0.2, 0.25) is 11.8 Å². The summed E-state index contributed by atoms with van der Waals surface area (Å²) in [5, 5.41) is 10.3. The van der Waals surface area contributed by atoms with E-state index in [4.69, 9.17) is 4.98 Å². The van der Waals surface area contributed by atoms with E-state index in [9.17, 15) is 19.6 Å². The Morgan fingerprint density at radius 2 is 1.79 bits per heavy atom. The van der Waals surface area contributed by atoms with Gasteiger partial charge in [0.05, 0.1) is 23.4 Å². The Labute approximate surface area is 236 Å². The molecule has 5 rings (SSSR count). The molecule has 198 valence electrons. The minimum Gasteiger partial charge on any atom is -0.326 e. The molecule has 0 bridgehead atoms. The summed E-state index contributed by atoms with van der Waals surface area (Å²) < 4.78 is 0.857. The molecule has 2 heterocycles. The summed E-state index contributed by atoms with van der Waals surface area (Å²) in [4.78, 5) is 48.1. The predicted molar refractivity (Wildman–Crippen MR) is 150 cm³/mol. The van der Waals surface area contributed by atoms with Gasteiger partial charge in [0.1, 0.15) is 17.1 Å². The normalized spacial score (nSPS) is 20.1. The summed E-state index contributed by atoms with van der Waals surface area (Å²) in [6.45, 7) is 0. The molecule has 2 aliphatic carbocycles. The van der Waals surface area contributed by atoms with Crippen LogP contribution in [0.1, 0.15) is 74.6 Å². The molecule has 0 radical (unpaired) electrons. The molecular formula is C29H31BrN4O3S. The smallest absolute Gasteiger partial charge is 0.257 e. The van der Waals surface area contributed by atoms with Gasteiger partial charge in [0.25, 0.3) is 5.91 Å². The molecule has 1 saturated carbocycles. The van der Waals surface area contributed by atoms with E-state index >= 15 is 0 Å². The van der Waals surface area contributed by atoms with Crippen LogP contribution in [0.25, 0.3) is 0 Å². The summed E-state index contributed by atoms with van der Waals surface area (Å²) >= 11 is 4.66. The monoisotopic (exact) mass is 594 g/mol. The lowest BCUT2D eigenvalue weighted by atomic mass is 9.92. The zero-order valence-electron chi connectivity index (χ0n) is 21.3. The lowest BCUT2D eigenvalue weighted by molar-refractivity contribution is -0.139. The number of carbonyl (C=O) groups excluding carboxylic acids is 3. The van der Waals surface area contributed by atoms with Crippen LogP contribution in [-0.4, -0.2) is 45.4 Å². The fourth-order valence-corrected chi connectivity index (χ4v) is 6.98. The number of pyridine rings is 1. The molecule has 3 aliphatic rings. The topological polar surface area (TPSA) is 94.4 Å². The van der Waals surface area contributed by atoms with Crippen LogP contribution in [0.5, 0.6) is 0 Å². The van der Waals surface area contributed by atoms with Crippen molar-refractivity contribution >= 4 is 51.1 Å². The number of fused-ring (bicyclic) bond motifs is 1. The van der Waals surface area contributed by atoms with Crippen molar-refractivity contribution < 1.29 is 14.4 Å². The molecule has 1 atom stereocenters. The van der Waals surface area contributed by atoms with Gasteiger partial charge in [0, 0.05) is 16.2 Å². The number of rotatable bonds is 6. The number of amides is 3. The number of hydrogen-bond donors (Lipinski definition) is 0. The zero-order chi connectivity index (χ0) is 26.6. The van der Waals surface area contributed by atoms with Gasteiger partial charge in [-0.15, -0.1) is 0 Å². The van der Waals surface area contributed by atoms with E-state index in [2.05, 4.69) is 22.0 Å². The molecule has 2 aromatic rings. The van der Waals surface area contributed by atoms with Gasteiger partial charge in [-0.25, -0.2) is 9.88 Å². The number of imide groups is 1. The summed E-state index contributed by atoms with van der Waals surface area (Å²) in [6.07, 6.45) is 9.91. The molecule has 2 fully saturated rings. The van der Waals surface area contributed by atoms with Crippen molar-refractivity contribution in [3.8, 4) is 6.07 Å². The van der Waals surface area contributed by atoms with E-state index in [1.54, 1.807) is 29.2 Å². The van der Waals surface area contributed by atoms with Crippen LogP contribution >= 0.6 is 27.7 Å². The Bertz CT molecular complexity index is 1270. The first-order chi connectivity index (χ1) is 18.5. The summed E-state index contributed by atoms with van der Waals surface area (Å²) in [5.74, 6) is -0.732. The van der Waals surface area contributed by atoms with Gasteiger partial charge in [-0.3, -0.25) is 14.4 Å². The number of nitrogens with zero attached hydrogens (tertiary/aromatic N) is 4. The molecule has 9 heteroatoms. The maximum absolute atomic E-state index is 13.8. The second-order valence-electron chi connectivity index (χ2n) is 10.3. The van der Waals surface area contributed by atoms with E-state index in [1.165, 1.54) is 16.7 Å². The molecular weight excluding hydrogens is 564 g/mol. The highest BCUT2D eigenvalue weighted by Crippen LogP contribution is 2.33. The lowest BCUT2D eigenvalue weighted by Crippen LogP contribution is -2.52. The summed E-state index contributed by atoms with van der Waals surface area (Å²) in [7, 11) is 0. The minimum atomic E-state index is -0.808. The number of aromatic nitrogens is 1. The first kappa shape index (κ1) is 26.9. The van der Waals surface area contributed by atoms with Crippen LogP contribution in [0.15, 0.2) is 39.8 Å². The highest BCUT2D eigenvalue weighted by atomic mass is 79.9. The third-order valence-electron chi connectivity index (χ3n) is 7.77. The van der Waals surface area contributed by atoms with Gasteiger partial charge in [0.15, 0.2) is 0 Å². The quantitative estimate of drug-likeness (QED) is 0.246. The Morgan fingerprint density at radius 3 is 2.53 bits per heavy atom. The second kappa shape index (κ2) is 12.0. The molecule has 1 aromatic heterocycles. The lowest BCUT2D eigenvalue weighted by Gasteiger charge is -2.37. The van der Waals surface area contributed by atoms with Gasteiger partial charge >= 0.3 is 0 Å². The number of aryl methyl sites for hydroxylation is 2. The average Bonchev–Trinajstić information content (AvgIpc) is 3.07. The van der Waals surface area contributed by atoms with Crippen molar-refractivity contribution in [1.29, 1.82) is 5.26 Å². The van der Waals surface area contributed by atoms with E-state index in [-0.39, 0.29) is 35.9 Å². The number of anilines is 1. The van der Waals surface area contributed by atoms with Crippen molar-refractivity contribution in [1.82, 2.24) is 9.88 Å². The second-order valence-corrected chi connectivity index (χ2v) is 12.1. The first-order valence-electron chi connectivity index (χ1n) is 13.5. The first-order valence-corrected chi connectivity index (χ1v) is 15.2. The molecule has 1 saturated heterocycles. The molecule has 0 spiro atoms. The third kappa shape index (κ3) is 5.67. The zero-order valence-corrected chi connectivity index (χ0v) is 23.7. The molecule has 1 aliphatic heterocycles. The number of nitriles is 1. The van der Waals surface area contributed by atoms with E-state index in [1.807, 2.05) is 6.07 Å². The van der Waals surface area contributed by atoms with Crippen molar-refractivity contribution in [2.75, 3.05) is 10.7 Å².